The highest BCUT2D eigenvalue weighted by Gasteiger charge is 2.30. The number of hydrogen-bond donors (Lipinski definition) is 0. The van der Waals surface area contributed by atoms with Gasteiger partial charge in [-0.2, -0.15) is 0 Å². The lowest BCUT2D eigenvalue weighted by molar-refractivity contribution is -0.132. The molecular formula is C19H27N5O. The molecule has 0 aliphatic carbocycles. The second-order valence-corrected chi connectivity index (χ2v) is 6.98. The average molecular weight is 341 g/mol. The fraction of sp³-hybridized carbons (Fsp3) is 0.526. The summed E-state index contributed by atoms with van der Waals surface area (Å²) in [5.74, 6) is 0.238. The van der Waals surface area contributed by atoms with Crippen molar-refractivity contribution in [2.45, 2.75) is 44.8 Å². The second kappa shape index (κ2) is 8.25. The molecule has 1 atom stereocenters. The molecule has 3 heterocycles. The lowest BCUT2D eigenvalue weighted by Crippen LogP contribution is -2.31. The van der Waals surface area contributed by atoms with Crippen molar-refractivity contribution in [2.24, 2.45) is 0 Å². The van der Waals surface area contributed by atoms with Crippen LogP contribution in [0.1, 0.15) is 43.0 Å². The van der Waals surface area contributed by atoms with Gasteiger partial charge in [0.05, 0.1) is 18.1 Å². The molecule has 1 fully saturated rings. The SMILES string of the molecule is CN(C)Cc1ccc(C2CCCN2C(=O)CCCn2ccnc2)nc1. The van der Waals surface area contributed by atoms with Gasteiger partial charge in [-0.3, -0.25) is 9.78 Å². The molecule has 1 aliphatic heterocycles. The summed E-state index contributed by atoms with van der Waals surface area (Å²) in [6, 6.07) is 4.34. The van der Waals surface area contributed by atoms with Crippen LogP contribution in [0.25, 0.3) is 0 Å². The topological polar surface area (TPSA) is 54.3 Å². The fourth-order valence-corrected chi connectivity index (χ4v) is 3.44. The first-order valence-electron chi connectivity index (χ1n) is 8.98. The van der Waals surface area contributed by atoms with E-state index >= 15 is 0 Å². The molecule has 2 aromatic rings. The van der Waals surface area contributed by atoms with Gasteiger partial charge in [0, 0.05) is 44.6 Å². The molecule has 1 amide bonds. The molecule has 0 spiro atoms. The van der Waals surface area contributed by atoms with Gasteiger partial charge in [0.25, 0.3) is 0 Å². The lowest BCUT2D eigenvalue weighted by Gasteiger charge is -2.24. The second-order valence-electron chi connectivity index (χ2n) is 6.98. The molecule has 134 valence electrons. The van der Waals surface area contributed by atoms with Crippen LogP contribution in [-0.4, -0.2) is 50.9 Å². The molecule has 2 aromatic heterocycles. The summed E-state index contributed by atoms with van der Waals surface area (Å²) in [7, 11) is 4.10. The van der Waals surface area contributed by atoms with Gasteiger partial charge in [0.1, 0.15) is 0 Å². The third kappa shape index (κ3) is 4.66. The zero-order valence-electron chi connectivity index (χ0n) is 15.1. The molecule has 25 heavy (non-hydrogen) atoms. The van der Waals surface area contributed by atoms with Crippen LogP contribution < -0.4 is 0 Å². The van der Waals surface area contributed by atoms with Crippen molar-refractivity contribution in [3.05, 3.63) is 48.3 Å². The van der Waals surface area contributed by atoms with Crippen molar-refractivity contribution in [1.29, 1.82) is 0 Å². The summed E-state index contributed by atoms with van der Waals surface area (Å²) < 4.78 is 2.01. The number of rotatable bonds is 7. The maximum atomic E-state index is 12.6. The highest BCUT2D eigenvalue weighted by atomic mass is 16.2. The van der Waals surface area contributed by atoms with E-state index in [2.05, 4.69) is 41.1 Å². The van der Waals surface area contributed by atoms with Crippen molar-refractivity contribution in [2.75, 3.05) is 20.6 Å². The predicted molar refractivity (Wildman–Crippen MR) is 96.8 cm³/mol. The van der Waals surface area contributed by atoms with E-state index in [1.807, 2.05) is 21.9 Å². The standard InChI is InChI=1S/C19H27N5O/c1-22(2)14-16-7-8-17(21-13-16)18-5-3-11-24(18)19(25)6-4-10-23-12-9-20-15-23/h7-9,12-13,15,18H,3-6,10-11,14H2,1-2H3. The van der Waals surface area contributed by atoms with Gasteiger partial charge in [-0.25, -0.2) is 4.98 Å². The Bertz CT molecular complexity index is 666. The molecule has 0 bridgehead atoms. The quantitative estimate of drug-likeness (QED) is 0.776. The maximum Gasteiger partial charge on any atom is 0.223 e. The smallest absolute Gasteiger partial charge is 0.223 e. The van der Waals surface area contributed by atoms with E-state index in [1.54, 1.807) is 12.5 Å². The number of likely N-dealkylation sites (tertiary alicyclic amines) is 1. The third-order valence-electron chi connectivity index (χ3n) is 4.63. The molecule has 1 unspecified atom stereocenters. The largest absolute Gasteiger partial charge is 0.337 e. The highest BCUT2D eigenvalue weighted by molar-refractivity contribution is 5.77. The number of carbonyl (C=O) groups excluding carboxylic acids is 1. The van der Waals surface area contributed by atoms with Gasteiger partial charge in [-0.15, -0.1) is 0 Å². The number of hydrogen-bond acceptors (Lipinski definition) is 4. The summed E-state index contributed by atoms with van der Waals surface area (Å²) in [5, 5.41) is 0. The summed E-state index contributed by atoms with van der Waals surface area (Å²) in [6.45, 7) is 2.56. The molecule has 0 saturated carbocycles. The summed E-state index contributed by atoms with van der Waals surface area (Å²) in [6.07, 6.45) is 10.9. The van der Waals surface area contributed by atoms with Crippen molar-refractivity contribution >= 4 is 5.91 Å². The molecular weight excluding hydrogens is 314 g/mol. The van der Waals surface area contributed by atoms with Crippen molar-refractivity contribution in [3.63, 3.8) is 0 Å². The van der Waals surface area contributed by atoms with Crippen LogP contribution in [0, 0.1) is 0 Å². The highest BCUT2D eigenvalue weighted by Crippen LogP contribution is 2.31. The Hall–Kier alpha value is -2.21. The molecule has 6 nitrogen and oxygen atoms in total. The Morgan fingerprint density at radius 1 is 1.36 bits per heavy atom. The van der Waals surface area contributed by atoms with E-state index in [0.717, 1.165) is 44.6 Å². The summed E-state index contributed by atoms with van der Waals surface area (Å²) in [5.41, 5.74) is 2.22. The fourth-order valence-electron chi connectivity index (χ4n) is 3.44. The van der Waals surface area contributed by atoms with Crippen LogP contribution in [-0.2, 0) is 17.9 Å². The minimum atomic E-state index is 0.133. The minimum Gasteiger partial charge on any atom is -0.337 e. The van der Waals surface area contributed by atoms with Crippen molar-refractivity contribution in [3.8, 4) is 0 Å². The number of aryl methyl sites for hydroxylation is 1. The predicted octanol–water partition coefficient (Wildman–Crippen LogP) is 2.48. The molecule has 3 rings (SSSR count). The van der Waals surface area contributed by atoms with Crippen LogP contribution in [0.3, 0.4) is 0 Å². The third-order valence-corrected chi connectivity index (χ3v) is 4.63. The molecule has 1 saturated heterocycles. The van der Waals surface area contributed by atoms with Gasteiger partial charge in [-0.1, -0.05) is 6.07 Å². The number of pyridine rings is 1. The van der Waals surface area contributed by atoms with E-state index in [0.29, 0.717) is 6.42 Å². The summed E-state index contributed by atoms with van der Waals surface area (Å²) >= 11 is 0. The van der Waals surface area contributed by atoms with Crippen molar-refractivity contribution < 1.29 is 4.79 Å². The zero-order chi connectivity index (χ0) is 17.6. The monoisotopic (exact) mass is 341 g/mol. The van der Waals surface area contributed by atoms with Crippen molar-refractivity contribution in [1.82, 2.24) is 24.3 Å². The molecule has 6 heteroatoms. The number of amides is 1. The Morgan fingerprint density at radius 3 is 2.92 bits per heavy atom. The Labute approximate surface area is 149 Å². The van der Waals surface area contributed by atoms with E-state index in [9.17, 15) is 4.79 Å². The Balaban J connectivity index is 1.56. The van der Waals surface area contributed by atoms with Gasteiger partial charge in [-0.05, 0) is 45.0 Å². The van der Waals surface area contributed by atoms with Crippen LogP contribution in [0.4, 0.5) is 0 Å². The van der Waals surface area contributed by atoms with Crippen LogP contribution >= 0.6 is 0 Å². The van der Waals surface area contributed by atoms with Gasteiger partial charge < -0.3 is 14.4 Å². The maximum absolute atomic E-state index is 12.6. The number of nitrogens with zero attached hydrogens (tertiary/aromatic N) is 5. The normalized spacial score (nSPS) is 17.4. The molecule has 0 radical (unpaired) electrons. The number of aromatic nitrogens is 3. The number of carbonyl (C=O) groups is 1. The first-order valence-corrected chi connectivity index (χ1v) is 8.98. The molecule has 0 N–H and O–H groups in total. The van der Waals surface area contributed by atoms with E-state index in [4.69, 9.17) is 0 Å². The molecule has 0 aromatic carbocycles. The van der Waals surface area contributed by atoms with Crippen LogP contribution in [0.2, 0.25) is 0 Å². The van der Waals surface area contributed by atoms with Gasteiger partial charge >= 0.3 is 0 Å². The average Bonchev–Trinajstić information content (AvgIpc) is 3.26. The van der Waals surface area contributed by atoms with E-state index in [1.165, 1.54) is 5.56 Å². The Morgan fingerprint density at radius 2 is 2.24 bits per heavy atom. The van der Waals surface area contributed by atoms with Crippen LogP contribution in [0.15, 0.2) is 37.1 Å². The van der Waals surface area contributed by atoms with Gasteiger partial charge in [0.15, 0.2) is 0 Å². The lowest BCUT2D eigenvalue weighted by atomic mass is 10.1. The zero-order valence-corrected chi connectivity index (χ0v) is 15.1. The number of imidazole rings is 1. The summed E-state index contributed by atoms with van der Waals surface area (Å²) in [4.78, 5) is 25.4. The van der Waals surface area contributed by atoms with Gasteiger partial charge in [0.2, 0.25) is 5.91 Å². The first kappa shape index (κ1) is 17.6. The minimum absolute atomic E-state index is 0.133. The first-order chi connectivity index (χ1) is 12.1. The van der Waals surface area contributed by atoms with E-state index < -0.39 is 0 Å². The Kier molecular flexibility index (Phi) is 5.81. The van der Waals surface area contributed by atoms with E-state index in [-0.39, 0.29) is 11.9 Å². The van der Waals surface area contributed by atoms with Crippen LogP contribution in [0.5, 0.6) is 0 Å². The molecule has 1 aliphatic rings.